The molecule has 1 aromatic carbocycles. The lowest BCUT2D eigenvalue weighted by molar-refractivity contribution is -0.00738. The Bertz CT molecular complexity index is 547. The predicted molar refractivity (Wildman–Crippen MR) is 79.4 cm³/mol. The molecule has 2 rings (SSSR count). The first-order valence-corrected chi connectivity index (χ1v) is 7.32. The van der Waals surface area contributed by atoms with Gasteiger partial charge >= 0.3 is 11.9 Å². The highest BCUT2D eigenvalue weighted by molar-refractivity contribution is 6.02. The summed E-state index contributed by atoms with van der Waals surface area (Å²) in [6, 6.07) is 6.18. The number of carbonyl (C=O) groups excluding carboxylic acids is 1. The fourth-order valence-corrected chi connectivity index (χ4v) is 3.41. The summed E-state index contributed by atoms with van der Waals surface area (Å²) in [4.78, 5) is 23.4. The van der Waals surface area contributed by atoms with Gasteiger partial charge in [-0.15, -0.1) is 0 Å². The van der Waals surface area contributed by atoms with Crippen molar-refractivity contribution in [2.75, 3.05) is 0 Å². The van der Waals surface area contributed by atoms with Crippen molar-refractivity contribution in [3.05, 3.63) is 35.4 Å². The molecule has 0 heterocycles. The lowest BCUT2D eigenvalue weighted by Gasteiger charge is -2.38. The summed E-state index contributed by atoms with van der Waals surface area (Å²) in [5.74, 6) is -1.15. The maximum Gasteiger partial charge on any atom is 0.339 e. The lowest BCUT2D eigenvalue weighted by Crippen LogP contribution is -2.34. The van der Waals surface area contributed by atoms with Crippen molar-refractivity contribution in [2.45, 2.75) is 46.1 Å². The molecule has 4 nitrogen and oxygen atoms in total. The van der Waals surface area contributed by atoms with Gasteiger partial charge in [0.05, 0.1) is 11.1 Å². The molecule has 114 valence electrons. The first-order valence-electron chi connectivity index (χ1n) is 7.32. The second kappa shape index (κ2) is 5.88. The number of benzene rings is 1. The quantitative estimate of drug-likeness (QED) is 0.861. The van der Waals surface area contributed by atoms with Crippen LogP contribution in [0.3, 0.4) is 0 Å². The van der Waals surface area contributed by atoms with Crippen LogP contribution in [-0.4, -0.2) is 23.1 Å². The third-order valence-electron chi connectivity index (χ3n) is 4.00. The number of hydrogen-bond donors (Lipinski definition) is 1. The van der Waals surface area contributed by atoms with Crippen LogP contribution in [0.15, 0.2) is 24.3 Å². The summed E-state index contributed by atoms with van der Waals surface area (Å²) in [5.41, 5.74) is 0.265. The molecule has 0 bridgehead atoms. The first kappa shape index (κ1) is 15.5. The van der Waals surface area contributed by atoms with Gasteiger partial charge in [0.2, 0.25) is 0 Å². The lowest BCUT2D eigenvalue weighted by atomic mass is 9.71. The number of ether oxygens (including phenoxy) is 1. The number of carboxylic acid groups (broad SMARTS) is 1. The monoisotopic (exact) mass is 290 g/mol. The van der Waals surface area contributed by atoms with Crippen LogP contribution in [0.1, 0.15) is 60.7 Å². The number of carbonyl (C=O) groups is 2. The van der Waals surface area contributed by atoms with Gasteiger partial charge in [-0.3, -0.25) is 0 Å². The minimum atomic E-state index is -1.11. The summed E-state index contributed by atoms with van der Waals surface area (Å²) < 4.78 is 5.57. The summed E-state index contributed by atoms with van der Waals surface area (Å²) in [6.45, 7) is 6.51. The molecule has 2 atom stereocenters. The molecule has 1 saturated carbocycles. The van der Waals surface area contributed by atoms with Crippen molar-refractivity contribution < 1.29 is 19.4 Å². The number of rotatable bonds is 3. The van der Waals surface area contributed by atoms with Gasteiger partial charge in [0.25, 0.3) is 0 Å². The average Bonchev–Trinajstić information content (AvgIpc) is 2.36. The van der Waals surface area contributed by atoms with E-state index in [0.29, 0.717) is 5.92 Å². The molecule has 0 saturated heterocycles. The van der Waals surface area contributed by atoms with Crippen molar-refractivity contribution in [3.8, 4) is 0 Å². The number of hydrogen-bond acceptors (Lipinski definition) is 3. The van der Waals surface area contributed by atoms with E-state index in [0.717, 1.165) is 19.3 Å². The maximum atomic E-state index is 12.3. The van der Waals surface area contributed by atoms with Gasteiger partial charge in [0, 0.05) is 0 Å². The average molecular weight is 290 g/mol. The SMILES string of the molecule is C[C@H]1CC(OC(=O)c2ccccc2C(=O)O)CC(C)(C)C1. The van der Waals surface area contributed by atoms with Gasteiger partial charge < -0.3 is 9.84 Å². The molecule has 0 aliphatic heterocycles. The molecule has 1 N–H and O–H groups in total. The molecule has 1 aromatic rings. The fourth-order valence-electron chi connectivity index (χ4n) is 3.41. The summed E-state index contributed by atoms with van der Waals surface area (Å²) in [7, 11) is 0. The zero-order chi connectivity index (χ0) is 15.6. The van der Waals surface area contributed by atoms with Gasteiger partial charge in [0.15, 0.2) is 0 Å². The maximum absolute atomic E-state index is 12.3. The summed E-state index contributed by atoms with van der Waals surface area (Å²) >= 11 is 0. The molecule has 0 radical (unpaired) electrons. The summed E-state index contributed by atoms with van der Waals surface area (Å²) in [5, 5.41) is 9.14. The minimum Gasteiger partial charge on any atom is -0.478 e. The van der Waals surface area contributed by atoms with Crippen molar-refractivity contribution >= 4 is 11.9 Å². The Balaban J connectivity index is 2.13. The van der Waals surface area contributed by atoms with E-state index in [1.807, 2.05) is 0 Å². The van der Waals surface area contributed by atoms with Gasteiger partial charge in [-0.05, 0) is 42.7 Å². The van der Waals surface area contributed by atoms with E-state index in [1.165, 1.54) is 12.1 Å². The van der Waals surface area contributed by atoms with Crippen molar-refractivity contribution in [3.63, 3.8) is 0 Å². The number of carboxylic acids is 1. The van der Waals surface area contributed by atoms with Crippen LogP contribution in [0, 0.1) is 11.3 Å². The normalized spacial score (nSPS) is 24.3. The zero-order valence-electron chi connectivity index (χ0n) is 12.8. The molecular weight excluding hydrogens is 268 g/mol. The van der Waals surface area contributed by atoms with Crippen molar-refractivity contribution in [1.29, 1.82) is 0 Å². The molecule has 0 aromatic heterocycles. The molecule has 4 heteroatoms. The standard InChI is InChI=1S/C17H22O4/c1-11-8-12(10-17(2,3)9-11)21-16(20)14-7-5-4-6-13(14)15(18)19/h4-7,11-12H,8-10H2,1-3H3,(H,18,19)/t11-,12?/m0/s1. The molecule has 1 unspecified atom stereocenters. The van der Waals surface area contributed by atoms with Gasteiger partial charge in [-0.2, -0.15) is 0 Å². The van der Waals surface area contributed by atoms with E-state index in [1.54, 1.807) is 12.1 Å². The minimum absolute atomic E-state index is 0.00869. The van der Waals surface area contributed by atoms with E-state index in [2.05, 4.69) is 20.8 Å². The summed E-state index contributed by atoms with van der Waals surface area (Å²) in [6.07, 6.45) is 2.63. The van der Waals surface area contributed by atoms with Gasteiger partial charge in [0.1, 0.15) is 6.10 Å². The van der Waals surface area contributed by atoms with Crippen LogP contribution in [0.2, 0.25) is 0 Å². The smallest absolute Gasteiger partial charge is 0.339 e. The van der Waals surface area contributed by atoms with E-state index in [9.17, 15) is 9.59 Å². The Labute approximate surface area is 125 Å². The number of aromatic carboxylic acids is 1. The highest BCUT2D eigenvalue weighted by Crippen LogP contribution is 2.39. The third kappa shape index (κ3) is 3.84. The molecular formula is C17H22O4. The van der Waals surface area contributed by atoms with E-state index >= 15 is 0 Å². The van der Waals surface area contributed by atoms with Crippen LogP contribution in [0.25, 0.3) is 0 Å². The highest BCUT2D eigenvalue weighted by atomic mass is 16.5. The second-order valence-corrected chi connectivity index (χ2v) is 6.79. The number of esters is 1. The highest BCUT2D eigenvalue weighted by Gasteiger charge is 2.34. The Morgan fingerprint density at radius 2 is 1.81 bits per heavy atom. The van der Waals surface area contributed by atoms with Gasteiger partial charge in [-0.25, -0.2) is 9.59 Å². The Morgan fingerprint density at radius 3 is 2.38 bits per heavy atom. The molecule has 1 aliphatic carbocycles. The van der Waals surface area contributed by atoms with E-state index in [4.69, 9.17) is 9.84 Å². The van der Waals surface area contributed by atoms with Gasteiger partial charge in [-0.1, -0.05) is 32.9 Å². The third-order valence-corrected chi connectivity index (χ3v) is 4.00. The molecule has 21 heavy (non-hydrogen) atoms. The Kier molecular flexibility index (Phi) is 4.35. The Hall–Kier alpha value is -1.84. The Morgan fingerprint density at radius 1 is 1.19 bits per heavy atom. The predicted octanol–water partition coefficient (Wildman–Crippen LogP) is 3.76. The van der Waals surface area contributed by atoms with Crippen molar-refractivity contribution in [1.82, 2.24) is 0 Å². The first-order chi connectivity index (χ1) is 9.78. The second-order valence-electron chi connectivity index (χ2n) is 6.79. The van der Waals surface area contributed by atoms with E-state index < -0.39 is 11.9 Å². The zero-order valence-corrected chi connectivity index (χ0v) is 12.8. The molecule has 0 spiro atoms. The van der Waals surface area contributed by atoms with Crippen LogP contribution >= 0.6 is 0 Å². The van der Waals surface area contributed by atoms with Crippen LogP contribution in [-0.2, 0) is 4.74 Å². The van der Waals surface area contributed by atoms with Crippen LogP contribution < -0.4 is 0 Å². The molecule has 0 amide bonds. The molecule has 1 aliphatic rings. The topological polar surface area (TPSA) is 63.6 Å². The largest absolute Gasteiger partial charge is 0.478 e. The fraction of sp³-hybridized carbons (Fsp3) is 0.529. The molecule has 1 fully saturated rings. The van der Waals surface area contributed by atoms with Crippen LogP contribution in [0.4, 0.5) is 0 Å². The van der Waals surface area contributed by atoms with Crippen LogP contribution in [0.5, 0.6) is 0 Å². The van der Waals surface area contributed by atoms with Crippen molar-refractivity contribution in [2.24, 2.45) is 11.3 Å². The van der Waals surface area contributed by atoms with E-state index in [-0.39, 0.29) is 22.6 Å².